The normalized spacial score (nSPS) is 10.7. The van der Waals surface area contributed by atoms with Crippen LogP contribution in [0.25, 0.3) is 0 Å². The van der Waals surface area contributed by atoms with Gasteiger partial charge in [0, 0.05) is 50.4 Å². The maximum absolute atomic E-state index is 14.3. The molecule has 0 saturated heterocycles. The number of rotatable bonds is 38. The Hall–Kier alpha value is -8.68. The van der Waals surface area contributed by atoms with Crippen LogP contribution in [-0.4, -0.2) is 123 Å². The van der Waals surface area contributed by atoms with E-state index in [0.717, 1.165) is 96.3 Å². The number of amides is 8. The van der Waals surface area contributed by atoms with Crippen molar-refractivity contribution in [3.63, 3.8) is 0 Å². The number of nitrogens with zero attached hydrogens (tertiary/aromatic N) is 2. The first-order chi connectivity index (χ1) is 40.8. The standard InChI is InChI=1S/C64H80F2N8O10/c65-55-30-26-49(27-31-55)34-40-69-59(77)45-73(43-57(75)67-36-15-5-1-3-7-17-38-71-63(81)83-47-51-20-11-9-12-21-51)61(79)53-24-19-25-54(42-53)62(80)74(46-60(78)70-41-35-50-28-32-56(66)33-29-50)44-58(76)68-37-16-6-2-4-8-18-39-72-64(82)84-48-52-22-13-10-14-23-52/h9-14,19-33,42H,1-8,15-18,34-41,43-48H2,(H,67,75)(H,68,76)(H,69,77)(H,70,78)(H,71,81)(H,72,82). The van der Waals surface area contributed by atoms with E-state index in [2.05, 4.69) is 31.9 Å². The molecule has 5 aromatic rings. The zero-order chi connectivity index (χ0) is 60.0. The molecule has 18 nitrogen and oxygen atoms in total. The van der Waals surface area contributed by atoms with E-state index in [4.69, 9.17) is 9.47 Å². The topological polar surface area (TPSA) is 234 Å². The molecule has 84 heavy (non-hydrogen) atoms. The van der Waals surface area contributed by atoms with Gasteiger partial charge >= 0.3 is 12.2 Å². The highest BCUT2D eigenvalue weighted by Crippen LogP contribution is 2.14. The minimum atomic E-state index is -0.730. The Morgan fingerprint density at radius 2 is 0.643 bits per heavy atom. The lowest BCUT2D eigenvalue weighted by Gasteiger charge is -2.24. The van der Waals surface area contributed by atoms with Crippen LogP contribution in [0.1, 0.15) is 120 Å². The molecule has 0 atom stereocenters. The molecule has 8 amide bonds. The van der Waals surface area contributed by atoms with E-state index >= 15 is 0 Å². The lowest BCUT2D eigenvalue weighted by molar-refractivity contribution is -0.125. The van der Waals surface area contributed by atoms with Crippen molar-refractivity contribution < 1.29 is 56.6 Å². The van der Waals surface area contributed by atoms with Gasteiger partial charge in [-0.2, -0.15) is 0 Å². The Morgan fingerprint density at radius 3 is 0.988 bits per heavy atom. The molecule has 6 N–H and O–H groups in total. The zero-order valence-corrected chi connectivity index (χ0v) is 47.8. The van der Waals surface area contributed by atoms with Gasteiger partial charge in [0.25, 0.3) is 11.8 Å². The molecule has 0 unspecified atom stereocenters. The van der Waals surface area contributed by atoms with Crippen LogP contribution < -0.4 is 31.9 Å². The highest BCUT2D eigenvalue weighted by molar-refractivity contribution is 6.03. The summed E-state index contributed by atoms with van der Waals surface area (Å²) in [6, 6.07) is 36.1. The first-order valence-electron chi connectivity index (χ1n) is 28.9. The molecular formula is C64H80F2N8O10. The van der Waals surface area contributed by atoms with Gasteiger partial charge in [0.05, 0.1) is 0 Å². The Balaban J connectivity index is 1.11. The minimum absolute atomic E-state index is 0.0298. The third kappa shape index (κ3) is 27.9. The fourth-order valence-electron chi connectivity index (χ4n) is 8.76. The number of carbonyl (C=O) groups is 8. The molecule has 0 aliphatic carbocycles. The van der Waals surface area contributed by atoms with Crippen LogP contribution in [0.15, 0.2) is 133 Å². The Bertz CT molecular complexity index is 2630. The van der Waals surface area contributed by atoms with Gasteiger partial charge in [-0.1, -0.05) is 142 Å². The predicted octanol–water partition coefficient (Wildman–Crippen LogP) is 8.33. The van der Waals surface area contributed by atoms with Crippen molar-refractivity contribution in [2.24, 2.45) is 0 Å². The molecule has 0 heterocycles. The summed E-state index contributed by atoms with van der Waals surface area (Å²) in [6.45, 7) is 0.367. The van der Waals surface area contributed by atoms with Crippen molar-refractivity contribution in [2.45, 2.75) is 103 Å². The summed E-state index contributed by atoms with van der Waals surface area (Å²) >= 11 is 0. The van der Waals surface area contributed by atoms with Crippen LogP contribution >= 0.6 is 0 Å². The summed E-state index contributed by atoms with van der Waals surface area (Å²) in [6.07, 6.45) is 9.80. The highest BCUT2D eigenvalue weighted by Gasteiger charge is 2.26. The van der Waals surface area contributed by atoms with Gasteiger partial charge in [-0.15, -0.1) is 0 Å². The van der Waals surface area contributed by atoms with E-state index < -0.39 is 85.4 Å². The Labute approximate surface area is 491 Å². The number of halogens is 2. The first kappa shape index (κ1) is 66.1. The zero-order valence-electron chi connectivity index (χ0n) is 47.8. The molecule has 20 heteroatoms. The maximum Gasteiger partial charge on any atom is 0.407 e. The van der Waals surface area contributed by atoms with Crippen LogP contribution in [0.4, 0.5) is 18.4 Å². The molecule has 0 bridgehead atoms. The predicted molar refractivity (Wildman–Crippen MR) is 315 cm³/mol. The van der Waals surface area contributed by atoms with E-state index in [0.29, 0.717) is 51.9 Å². The molecule has 5 rings (SSSR count). The van der Waals surface area contributed by atoms with Crippen molar-refractivity contribution in [1.82, 2.24) is 41.7 Å². The second kappa shape index (κ2) is 38.9. The van der Waals surface area contributed by atoms with Gasteiger partial charge < -0.3 is 51.2 Å². The number of hydrogen-bond donors (Lipinski definition) is 6. The summed E-state index contributed by atoms with van der Waals surface area (Å²) in [7, 11) is 0. The largest absolute Gasteiger partial charge is 0.445 e. The summed E-state index contributed by atoms with van der Waals surface area (Å²) in [4.78, 5) is 108. The molecule has 0 aliphatic heterocycles. The van der Waals surface area contributed by atoms with Crippen molar-refractivity contribution in [1.29, 1.82) is 0 Å². The fraction of sp³-hybridized carbons (Fsp3) is 0.406. The molecule has 0 aliphatic rings. The monoisotopic (exact) mass is 1160 g/mol. The van der Waals surface area contributed by atoms with E-state index in [1.165, 1.54) is 48.5 Å². The van der Waals surface area contributed by atoms with Crippen LogP contribution in [0.3, 0.4) is 0 Å². The van der Waals surface area contributed by atoms with E-state index in [1.54, 1.807) is 24.3 Å². The van der Waals surface area contributed by atoms with Gasteiger partial charge in [0.15, 0.2) is 0 Å². The third-order valence-electron chi connectivity index (χ3n) is 13.4. The lowest BCUT2D eigenvalue weighted by Crippen LogP contribution is -2.46. The number of alkyl carbamates (subject to hydrolysis) is 2. The lowest BCUT2D eigenvalue weighted by atomic mass is 10.1. The van der Waals surface area contributed by atoms with Crippen LogP contribution in [0, 0.1) is 11.6 Å². The minimum Gasteiger partial charge on any atom is -0.445 e. The van der Waals surface area contributed by atoms with Gasteiger partial charge in [-0.25, -0.2) is 18.4 Å². The molecule has 0 spiro atoms. The van der Waals surface area contributed by atoms with E-state index in [1.807, 2.05) is 60.7 Å². The Kier molecular flexibility index (Phi) is 30.6. The molecule has 450 valence electrons. The maximum atomic E-state index is 14.3. The smallest absolute Gasteiger partial charge is 0.407 e. The van der Waals surface area contributed by atoms with Gasteiger partial charge in [-0.3, -0.25) is 28.8 Å². The van der Waals surface area contributed by atoms with Crippen LogP contribution in [-0.2, 0) is 54.7 Å². The van der Waals surface area contributed by atoms with Crippen molar-refractivity contribution in [2.75, 3.05) is 65.4 Å². The van der Waals surface area contributed by atoms with Crippen LogP contribution in [0.2, 0.25) is 0 Å². The summed E-state index contributed by atoms with van der Waals surface area (Å²) in [5.74, 6) is -4.39. The average Bonchev–Trinajstić information content (AvgIpc) is 3.69. The van der Waals surface area contributed by atoms with Crippen LogP contribution in [0.5, 0.6) is 0 Å². The number of carbonyl (C=O) groups excluding carboxylic acids is 8. The summed E-state index contributed by atoms with van der Waals surface area (Å²) in [5.41, 5.74) is 3.30. The number of hydrogen-bond acceptors (Lipinski definition) is 10. The molecule has 0 saturated carbocycles. The van der Waals surface area contributed by atoms with Gasteiger partial charge in [0.2, 0.25) is 23.6 Å². The Morgan fingerprint density at radius 1 is 0.333 bits per heavy atom. The van der Waals surface area contributed by atoms with Crippen molar-refractivity contribution in [3.8, 4) is 0 Å². The second-order valence-electron chi connectivity index (χ2n) is 20.3. The second-order valence-corrected chi connectivity index (χ2v) is 20.3. The number of nitrogens with one attached hydrogen (secondary N) is 6. The van der Waals surface area contributed by atoms with Crippen molar-refractivity contribution in [3.05, 3.63) is 178 Å². The highest BCUT2D eigenvalue weighted by atomic mass is 19.1. The molecule has 0 radical (unpaired) electrons. The van der Waals surface area contributed by atoms with Crippen molar-refractivity contribution >= 4 is 47.6 Å². The summed E-state index contributed by atoms with van der Waals surface area (Å²) in [5, 5.41) is 16.7. The fourth-order valence-corrected chi connectivity index (χ4v) is 8.76. The SMILES string of the molecule is O=C(CN(CC(=O)NCCc1ccc(F)cc1)C(=O)c1cccc(C(=O)N(CC(=O)NCCCCCCCCNC(=O)OCc2ccccc2)CC(=O)NCCc2ccc(F)cc2)c1)NCCCCCCCCNC(=O)OCc1ccccc1. The molecular weight excluding hydrogens is 1080 g/mol. The third-order valence-corrected chi connectivity index (χ3v) is 13.4. The molecule has 0 aromatic heterocycles. The molecule has 5 aromatic carbocycles. The molecule has 0 fully saturated rings. The summed E-state index contributed by atoms with van der Waals surface area (Å²) < 4.78 is 37.5. The average molecular weight is 1160 g/mol. The van der Waals surface area contributed by atoms with E-state index in [-0.39, 0.29) is 37.4 Å². The number of benzene rings is 5. The van der Waals surface area contributed by atoms with E-state index in [9.17, 15) is 47.1 Å². The van der Waals surface area contributed by atoms with Gasteiger partial charge in [-0.05, 0) is 103 Å². The number of unbranched alkanes of at least 4 members (excludes halogenated alkanes) is 10. The first-order valence-corrected chi connectivity index (χ1v) is 28.9. The number of ether oxygens (including phenoxy) is 2. The quantitative estimate of drug-likeness (QED) is 0.0207. The van der Waals surface area contributed by atoms with Gasteiger partial charge in [0.1, 0.15) is 51.0 Å².